The van der Waals surface area contributed by atoms with Gasteiger partial charge in [-0.15, -0.1) is 0 Å². The molecule has 1 aromatic carbocycles. The predicted octanol–water partition coefficient (Wildman–Crippen LogP) is 1.74. The number of hydrogen-bond donors (Lipinski definition) is 2. The highest BCUT2D eigenvalue weighted by molar-refractivity contribution is 6.02. The topological polar surface area (TPSA) is 70.2 Å². The van der Waals surface area contributed by atoms with E-state index in [0.29, 0.717) is 10.9 Å². The number of aromatic amines is 1. The Morgan fingerprint density at radius 1 is 1.38 bits per heavy atom. The van der Waals surface area contributed by atoms with Gasteiger partial charge in [-0.1, -0.05) is 12.1 Å². The van der Waals surface area contributed by atoms with Crippen LogP contribution in [0.5, 0.6) is 5.75 Å². The number of pyridine rings is 1. The molecule has 0 saturated heterocycles. The first-order valence-electron chi connectivity index (χ1n) is 4.88. The smallest absolute Gasteiger partial charge is 0.263 e. The summed E-state index contributed by atoms with van der Waals surface area (Å²) in [4.78, 5) is 25.4. The quantitative estimate of drug-likeness (QED) is 0.715. The Labute approximate surface area is 91.5 Å². The van der Waals surface area contributed by atoms with E-state index in [9.17, 15) is 14.7 Å². The Hall–Kier alpha value is -2.10. The van der Waals surface area contributed by atoms with Crippen LogP contribution < -0.4 is 5.56 Å². The van der Waals surface area contributed by atoms with Crippen molar-refractivity contribution < 1.29 is 9.90 Å². The third kappa shape index (κ3) is 1.39. The van der Waals surface area contributed by atoms with Gasteiger partial charge < -0.3 is 10.1 Å². The maximum absolute atomic E-state index is 11.6. The third-order valence-electron chi connectivity index (χ3n) is 2.57. The molecule has 0 unspecified atom stereocenters. The number of rotatable bonds is 1. The lowest BCUT2D eigenvalue weighted by molar-refractivity contribution is 0.101. The Morgan fingerprint density at radius 2 is 2.06 bits per heavy atom. The number of hydrogen-bond acceptors (Lipinski definition) is 3. The van der Waals surface area contributed by atoms with Crippen molar-refractivity contribution in [2.75, 3.05) is 0 Å². The summed E-state index contributed by atoms with van der Waals surface area (Å²) in [6, 6.07) is 5.28. The number of fused-ring (bicyclic) bond motifs is 1. The molecule has 4 nitrogen and oxygen atoms in total. The normalized spacial score (nSPS) is 10.6. The minimum Gasteiger partial charge on any atom is -0.506 e. The van der Waals surface area contributed by atoms with E-state index in [2.05, 4.69) is 4.98 Å². The highest BCUT2D eigenvalue weighted by Gasteiger charge is 2.16. The Morgan fingerprint density at radius 3 is 2.69 bits per heavy atom. The molecule has 0 saturated carbocycles. The molecular weight excluding hydrogens is 206 g/mol. The van der Waals surface area contributed by atoms with E-state index < -0.39 is 11.3 Å². The van der Waals surface area contributed by atoms with Crippen molar-refractivity contribution in [2.24, 2.45) is 0 Å². The summed E-state index contributed by atoms with van der Waals surface area (Å²) in [5, 5.41) is 10.5. The highest BCUT2D eigenvalue weighted by atomic mass is 16.3. The molecular formula is C12H11NO3. The van der Waals surface area contributed by atoms with Crippen LogP contribution in [0, 0.1) is 6.92 Å². The molecule has 82 valence electrons. The third-order valence-corrected chi connectivity index (χ3v) is 2.57. The van der Waals surface area contributed by atoms with Gasteiger partial charge in [0.25, 0.3) is 5.56 Å². The van der Waals surface area contributed by atoms with Gasteiger partial charge in [0.15, 0.2) is 5.78 Å². The molecule has 4 heteroatoms. The molecule has 0 bridgehead atoms. The van der Waals surface area contributed by atoms with Crippen molar-refractivity contribution in [3.05, 3.63) is 39.7 Å². The van der Waals surface area contributed by atoms with E-state index in [1.54, 1.807) is 12.1 Å². The maximum Gasteiger partial charge on any atom is 0.263 e. The highest BCUT2D eigenvalue weighted by Crippen LogP contribution is 2.27. The number of aryl methyl sites for hydroxylation is 1. The number of aromatic nitrogens is 1. The minimum atomic E-state index is -0.553. The number of H-pyrrole nitrogens is 1. The van der Waals surface area contributed by atoms with Crippen LogP contribution in [-0.4, -0.2) is 15.9 Å². The molecule has 0 aliphatic rings. The summed E-state index contributed by atoms with van der Waals surface area (Å²) in [6.07, 6.45) is 0. The average Bonchev–Trinajstić information content (AvgIpc) is 2.15. The van der Waals surface area contributed by atoms with Gasteiger partial charge in [0, 0.05) is 5.39 Å². The lowest BCUT2D eigenvalue weighted by Gasteiger charge is -2.07. The first kappa shape index (κ1) is 10.4. The van der Waals surface area contributed by atoms with Gasteiger partial charge in [-0.25, -0.2) is 0 Å². The van der Waals surface area contributed by atoms with Crippen molar-refractivity contribution >= 4 is 16.7 Å². The summed E-state index contributed by atoms with van der Waals surface area (Å²) in [7, 11) is 0. The van der Waals surface area contributed by atoms with Crippen LogP contribution in [0.3, 0.4) is 0 Å². The van der Waals surface area contributed by atoms with Gasteiger partial charge in [0.1, 0.15) is 11.3 Å². The molecule has 1 heterocycles. The zero-order valence-electron chi connectivity index (χ0n) is 9.00. The van der Waals surface area contributed by atoms with E-state index in [-0.39, 0.29) is 11.3 Å². The van der Waals surface area contributed by atoms with Crippen LogP contribution in [0.1, 0.15) is 22.8 Å². The molecule has 2 aromatic rings. The first-order chi connectivity index (χ1) is 7.52. The monoisotopic (exact) mass is 217 g/mol. The fraction of sp³-hybridized carbons (Fsp3) is 0.167. The SMILES string of the molecule is CC(=O)c1c(O)c2c(C)cccc2[nH]c1=O. The lowest BCUT2D eigenvalue weighted by atomic mass is 10.0. The van der Waals surface area contributed by atoms with Crippen LogP contribution in [0.25, 0.3) is 10.9 Å². The van der Waals surface area contributed by atoms with Crippen LogP contribution in [0.15, 0.2) is 23.0 Å². The molecule has 0 spiro atoms. The predicted molar refractivity (Wildman–Crippen MR) is 61.0 cm³/mol. The Bertz CT molecular complexity index is 640. The number of aromatic hydroxyl groups is 1. The second kappa shape index (κ2) is 3.48. The van der Waals surface area contributed by atoms with E-state index in [0.717, 1.165) is 5.56 Å². The van der Waals surface area contributed by atoms with Gasteiger partial charge in [0.2, 0.25) is 0 Å². The average molecular weight is 217 g/mol. The largest absolute Gasteiger partial charge is 0.506 e. The molecule has 0 atom stereocenters. The van der Waals surface area contributed by atoms with E-state index in [1.165, 1.54) is 6.92 Å². The molecule has 0 aliphatic heterocycles. The van der Waals surface area contributed by atoms with E-state index >= 15 is 0 Å². The number of carbonyl (C=O) groups excluding carboxylic acids is 1. The van der Waals surface area contributed by atoms with Crippen LogP contribution >= 0.6 is 0 Å². The van der Waals surface area contributed by atoms with Gasteiger partial charge >= 0.3 is 0 Å². The second-order valence-corrected chi connectivity index (χ2v) is 3.73. The molecule has 2 N–H and O–H groups in total. The second-order valence-electron chi connectivity index (χ2n) is 3.73. The summed E-state index contributed by atoms with van der Waals surface area (Å²) in [6.45, 7) is 3.07. The number of ketones is 1. The summed E-state index contributed by atoms with van der Waals surface area (Å²) in [5.41, 5.74) is 0.617. The van der Waals surface area contributed by atoms with Gasteiger partial charge in [-0.05, 0) is 25.5 Å². The molecule has 2 rings (SSSR count). The summed E-state index contributed by atoms with van der Waals surface area (Å²) < 4.78 is 0. The van der Waals surface area contributed by atoms with Crippen molar-refractivity contribution in [2.45, 2.75) is 13.8 Å². The van der Waals surface area contributed by atoms with E-state index in [1.807, 2.05) is 13.0 Å². The fourth-order valence-corrected chi connectivity index (χ4v) is 1.83. The Kier molecular flexibility index (Phi) is 2.27. The molecule has 1 aromatic heterocycles. The number of benzene rings is 1. The number of Topliss-reactive ketones (excluding diaryl/α,β-unsaturated/α-hetero) is 1. The van der Waals surface area contributed by atoms with Crippen molar-refractivity contribution in [3.63, 3.8) is 0 Å². The van der Waals surface area contributed by atoms with Crippen LogP contribution in [0.2, 0.25) is 0 Å². The van der Waals surface area contributed by atoms with Crippen LogP contribution in [0.4, 0.5) is 0 Å². The maximum atomic E-state index is 11.6. The number of nitrogens with one attached hydrogen (secondary N) is 1. The molecule has 16 heavy (non-hydrogen) atoms. The summed E-state index contributed by atoms with van der Waals surface area (Å²) in [5.74, 6) is -0.673. The summed E-state index contributed by atoms with van der Waals surface area (Å²) >= 11 is 0. The minimum absolute atomic E-state index is 0.179. The van der Waals surface area contributed by atoms with Crippen molar-refractivity contribution in [1.29, 1.82) is 0 Å². The lowest BCUT2D eigenvalue weighted by Crippen LogP contribution is -2.16. The molecule has 0 aliphatic carbocycles. The zero-order chi connectivity index (χ0) is 11.9. The zero-order valence-corrected chi connectivity index (χ0v) is 9.00. The van der Waals surface area contributed by atoms with Crippen molar-refractivity contribution in [3.8, 4) is 5.75 Å². The first-order valence-corrected chi connectivity index (χ1v) is 4.88. The molecule has 0 amide bonds. The van der Waals surface area contributed by atoms with Gasteiger partial charge in [0.05, 0.1) is 5.52 Å². The molecule has 0 radical (unpaired) electrons. The van der Waals surface area contributed by atoms with Crippen molar-refractivity contribution in [1.82, 2.24) is 4.98 Å². The number of carbonyl (C=O) groups is 1. The van der Waals surface area contributed by atoms with Crippen LogP contribution in [-0.2, 0) is 0 Å². The standard InChI is InChI=1S/C12H11NO3/c1-6-4-3-5-8-9(6)11(15)10(7(2)14)12(16)13-8/h3-5H,1-2H3,(H2,13,15,16). The Balaban J connectivity index is 3.03. The fourth-order valence-electron chi connectivity index (χ4n) is 1.83. The van der Waals surface area contributed by atoms with Gasteiger partial charge in [-0.2, -0.15) is 0 Å². The van der Waals surface area contributed by atoms with E-state index in [4.69, 9.17) is 0 Å². The van der Waals surface area contributed by atoms with Gasteiger partial charge in [-0.3, -0.25) is 9.59 Å². The molecule has 0 fully saturated rings.